The normalized spacial score (nSPS) is 18.9. The Morgan fingerprint density at radius 3 is 2.76 bits per heavy atom. The van der Waals surface area contributed by atoms with E-state index in [1.807, 2.05) is 17.5 Å². The standard InChI is InChI=1S/C13H18BrNOS/c14-9-13(6-2-1-3-7-13)10-15-12(16)11-5-4-8-17-11/h4-5,8H,1-3,6-7,9-10H2,(H,15,16). The van der Waals surface area contributed by atoms with Gasteiger partial charge in [0.05, 0.1) is 4.88 Å². The van der Waals surface area contributed by atoms with Gasteiger partial charge in [-0.25, -0.2) is 0 Å². The van der Waals surface area contributed by atoms with Crippen LogP contribution in [0.25, 0.3) is 0 Å². The zero-order valence-electron chi connectivity index (χ0n) is 9.88. The van der Waals surface area contributed by atoms with Crippen molar-refractivity contribution in [3.8, 4) is 0 Å². The van der Waals surface area contributed by atoms with E-state index in [-0.39, 0.29) is 11.3 Å². The zero-order chi connectivity index (χ0) is 12.1. The second-order valence-corrected chi connectivity index (χ2v) is 6.36. The van der Waals surface area contributed by atoms with Gasteiger partial charge in [-0.05, 0) is 29.7 Å². The monoisotopic (exact) mass is 315 g/mol. The van der Waals surface area contributed by atoms with Gasteiger partial charge in [-0.3, -0.25) is 4.79 Å². The highest BCUT2D eigenvalue weighted by Gasteiger charge is 2.31. The van der Waals surface area contributed by atoms with Crippen molar-refractivity contribution in [2.24, 2.45) is 5.41 Å². The van der Waals surface area contributed by atoms with Crippen LogP contribution < -0.4 is 5.32 Å². The lowest BCUT2D eigenvalue weighted by molar-refractivity contribution is 0.0926. The molecule has 2 rings (SSSR count). The maximum absolute atomic E-state index is 11.9. The molecule has 1 heterocycles. The number of carbonyl (C=O) groups is 1. The number of hydrogen-bond donors (Lipinski definition) is 1. The van der Waals surface area contributed by atoms with E-state index in [0.29, 0.717) is 0 Å². The van der Waals surface area contributed by atoms with Gasteiger partial charge in [0, 0.05) is 11.9 Å². The largest absolute Gasteiger partial charge is 0.351 e. The zero-order valence-corrected chi connectivity index (χ0v) is 12.3. The van der Waals surface area contributed by atoms with Crippen molar-refractivity contribution >= 4 is 33.2 Å². The number of hydrogen-bond acceptors (Lipinski definition) is 2. The molecule has 0 radical (unpaired) electrons. The average molecular weight is 316 g/mol. The summed E-state index contributed by atoms with van der Waals surface area (Å²) in [5.41, 5.74) is 0.283. The summed E-state index contributed by atoms with van der Waals surface area (Å²) in [6.45, 7) is 0.801. The first-order chi connectivity index (χ1) is 8.26. The SMILES string of the molecule is O=C(NCC1(CBr)CCCCC1)c1cccs1. The highest BCUT2D eigenvalue weighted by atomic mass is 79.9. The lowest BCUT2D eigenvalue weighted by atomic mass is 9.75. The van der Waals surface area contributed by atoms with Crippen LogP contribution in [-0.4, -0.2) is 17.8 Å². The van der Waals surface area contributed by atoms with Crippen molar-refractivity contribution in [2.45, 2.75) is 32.1 Å². The maximum atomic E-state index is 11.9. The van der Waals surface area contributed by atoms with E-state index in [4.69, 9.17) is 0 Å². The maximum Gasteiger partial charge on any atom is 0.261 e. The molecule has 1 aliphatic rings. The van der Waals surface area contributed by atoms with Crippen LogP contribution in [0.5, 0.6) is 0 Å². The van der Waals surface area contributed by atoms with E-state index in [9.17, 15) is 4.79 Å². The molecule has 1 N–H and O–H groups in total. The first-order valence-electron chi connectivity index (χ1n) is 6.13. The minimum absolute atomic E-state index is 0.0749. The number of halogens is 1. The Morgan fingerprint density at radius 2 is 2.18 bits per heavy atom. The highest BCUT2D eigenvalue weighted by molar-refractivity contribution is 9.09. The number of thiophene rings is 1. The molecule has 17 heavy (non-hydrogen) atoms. The van der Waals surface area contributed by atoms with E-state index < -0.39 is 0 Å². The molecule has 4 heteroatoms. The molecule has 0 aliphatic heterocycles. The molecule has 0 spiro atoms. The van der Waals surface area contributed by atoms with E-state index in [1.165, 1.54) is 43.4 Å². The summed E-state index contributed by atoms with van der Waals surface area (Å²) in [6, 6.07) is 3.79. The van der Waals surface area contributed by atoms with Gasteiger partial charge in [0.2, 0.25) is 0 Å². The lowest BCUT2D eigenvalue weighted by Gasteiger charge is -2.35. The van der Waals surface area contributed by atoms with Gasteiger partial charge >= 0.3 is 0 Å². The predicted molar refractivity (Wildman–Crippen MR) is 76.0 cm³/mol. The van der Waals surface area contributed by atoms with Gasteiger partial charge in [-0.2, -0.15) is 0 Å². The van der Waals surface area contributed by atoms with Crippen LogP contribution in [0.4, 0.5) is 0 Å². The summed E-state index contributed by atoms with van der Waals surface area (Å²) in [6.07, 6.45) is 6.38. The third-order valence-corrected chi connectivity index (χ3v) is 5.62. The summed E-state index contributed by atoms with van der Waals surface area (Å²) in [4.78, 5) is 12.7. The van der Waals surface area contributed by atoms with Crippen molar-refractivity contribution in [2.75, 3.05) is 11.9 Å². The van der Waals surface area contributed by atoms with E-state index in [1.54, 1.807) is 0 Å². The molecule has 1 aromatic rings. The molecule has 1 amide bonds. The molecule has 0 aromatic carbocycles. The van der Waals surface area contributed by atoms with Gasteiger partial charge in [0.1, 0.15) is 0 Å². The third kappa shape index (κ3) is 3.32. The van der Waals surface area contributed by atoms with Gasteiger partial charge in [0.15, 0.2) is 0 Å². The van der Waals surface area contributed by atoms with Crippen LogP contribution in [-0.2, 0) is 0 Å². The Labute approximate surface area is 115 Å². The fourth-order valence-electron chi connectivity index (χ4n) is 2.42. The first kappa shape index (κ1) is 13.1. The Balaban J connectivity index is 1.89. The first-order valence-corrected chi connectivity index (χ1v) is 8.14. The quantitative estimate of drug-likeness (QED) is 0.841. The summed E-state index contributed by atoms with van der Waals surface area (Å²) < 4.78 is 0. The van der Waals surface area contributed by atoms with E-state index >= 15 is 0 Å². The van der Waals surface area contributed by atoms with E-state index in [2.05, 4.69) is 21.2 Å². The van der Waals surface area contributed by atoms with Crippen molar-refractivity contribution in [1.29, 1.82) is 0 Å². The number of nitrogens with one attached hydrogen (secondary N) is 1. The Kier molecular flexibility index (Phi) is 4.62. The van der Waals surface area contributed by atoms with Gasteiger partial charge < -0.3 is 5.32 Å². The molecule has 94 valence electrons. The summed E-state index contributed by atoms with van der Waals surface area (Å²) in [5, 5.41) is 6.02. The molecule has 1 aliphatic carbocycles. The second kappa shape index (κ2) is 6.01. The second-order valence-electron chi connectivity index (χ2n) is 4.85. The van der Waals surface area contributed by atoms with Gasteiger partial charge in [0.25, 0.3) is 5.91 Å². The van der Waals surface area contributed by atoms with Crippen LogP contribution in [0, 0.1) is 5.41 Å². The minimum atomic E-state index is 0.0749. The number of amides is 1. The highest BCUT2D eigenvalue weighted by Crippen LogP contribution is 2.37. The van der Waals surface area contributed by atoms with Crippen LogP contribution >= 0.6 is 27.3 Å². The molecular weight excluding hydrogens is 298 g/mol. The Bertz CT molecular complexity index is 358. The predicted octanol–water partition coefficient (Wildman–Crippen LogP) is 3.82. The molecule has 1 fully saturated rings. The summed E-state index contributed by atoms with van der Waals surface area (Å²) in [5.74, 6) is 0.0749. The smallest absolute Gasteiger partial charge is 0.261 e. The fraction of sp³-hybridized carbons (Fsp3) is 0.615. The van der Waals surface area contributed by atoms with E-state index in [0.717, 1.165) is 16.8 Å². The molecule has 0 unspecified atom stereocenters. The number of alkyl halides is 1. The molecule has 0 saturated heterocycles. The minimum Gasteiger partial charge on any atom is -0.351 e. The third-order valence-electron chi connectivity index (χ3n) is 3.57. The average Bonchev–Trinajstić information content (AvgIpc) is 2.91. The van der Waals surface area contributed by atoms with Crippen LogP contribution in [0.1, 0.15) is 41.8 Å². The number of carbonyl (C=O) groups excluding carboxylic acids is 1. The molecule has 0 atom stereocenters. The lowest BCUT2D eigenvalue weighted by Crippen LogP contribution is -2.40. The van der Waals surface area contributed by atoms with Gasteiger partial charge in [-0.15, -0.1) is 11.3 Å². The summed E-state index contributed by atoms with van der Waals surface area (Å²) >= 11 is 5.12. The Hall–Kier alpha value is -0.350. The molecule has 1 saturated carbocycles. The Morgan fingerprint density at radius 1 is 1.41 bits per heavy atom. The van der Waals surface area contributed by atoms with Gasteiger partial charge in [-0.1, -0.05) is 41.3 Å². The summed E-state index contributed by atoms with van der Waals surface area (Å²) in [7, 11) is 0. The number of rotatable bonds is 4. The molecular formula is C13H18BrNOS. The van der Waals surface area contributed by atoms with Crippen LogP contribution in [0.3, 0.4) is 0 Å². The van der Waals surface area contributed by atoms with Crippen molar-refractivity contribution in [3.63, 3.8) is 0 Å². The molecule has 0 bridgehead atoms. The molecule has 1 aromatic heterocycles. The van der Waals surface area contributed by atoms with Crippen molar-refractivity contribution in [3.05, 3.63) is 22.4 Å². The fourth-order valence-corrected chi connectivity index (χ4v) is 3.82. The van der Waals surface area contributed by atoms with Crippen molar-refractivity contribution < 1.29 is 4.79 Å². The topological polar surface area (TPSA) is 29.1 Å². The molecule has 2 nitrogen and oxygen atoms in total. The van der Waals surface area contributed by atoms with Crippen LogP contribution in [0.2, 0.25) is 0 Å². The van der Waals surface area contributed by atoms with Crippen LogP contribution in [0.15, 0.2) is 17.5 Å². The van der Waals surface area contributed by atoms with Crippen molar-refractivity contribution in [1.82, 2.24) is 5.32 Å².